The van der Waals surface area contributed by atoms with Crippen molar-refractivity contribution in [3.8, 4) is 28.7 Å². The van der Waals surface area contributed by atoms with E-state index in [-0.39, 0.29) is 82.5 Å². The van der Waals surface area contributed by atoms with Crippen molar-refractivity contribution in [1.82, 2.24) is 14.2 Å². The summed E-state index contributed by atoms with van der Waals surface area (Å²) in [7, 11) is 0.438. The van der Waals surface area contributed by atoms with Gasteiger partial charge in [-0.3, -0.25) is 14.4 Å². The number of aromatic hydroxyl groups is 2. The molecule has 0 saturated carbocycles. The third-order valence-corrected chi connectivity index (χ3v) is 13.2. The average molecular weight is 836 g/mol. The second-order valence-electron chi connectivity index (χ2n) is 15.5. The van der Waals surface area contributed by atoms with Gasteiger partial charge in [0, 0.05) is 74.6 Å². The molecule has 3 aromatic rings. The van der Waals surface area contributed by atoms with Gasteiger partial charge in [-0.15, -0.1) is 0 Å². The highest BCUT2D eigenvalue weighted by Gasteiger charge is 2.39. The van der Waals surface area contributed by atoms with Gasteiger partial charge in [0.05, 0.1) is 33.2 Å². The molecule has 59 heavy (non-hydrogen) atoms. The number of amides is 1. The molecule has 0 spiro atoms. The van der Waals surface area contributed by atoms with Crippen molar-refractivity contribution < 1.29 is 52.0 Å². The number of nitrogens with zero attached hydrogens (tertiary/aromatic N) is 2. The first-order chi connectivity index (χ1) is 28.2. The number of rotatable bonds is 11. The number of ketones is 1. The van der Waals surface area contributed by atoms with E-state index in [1.807, 2.05) is 6.07 Å². The Hall–Kier alpha value is -5.35. The van der Waals surface area contributed by atoms with Gasteiger partial charge in [-0.1, -0.05) is 18.2 Å². The zero-order valence-electron chi connectivity index (χ0n) is 33.9. The van der Waals surface area contributed by atoms with Gasteiger partial charge in [0.15, 0.2) is 11.5 Å². The van der Waals surface area contributed by atoms with Gasteiger partial charge in [0.2, 0.25) is 21.7 Å². The number of carbonyl (C=O) groups is 3. The third-order valence-electron chi connectivity index (χ3n) is 11.4. The molecule has 3 aliphatic heterocycles. The fourth-order valence-electron chi connectivity index (χ4n) is 8.49. The molecule has 318 valence electrons. The highest BCUT2D eigenvalue weighted by molar-refractivity contribution is 7.89. The van der Waals surface area contributed by atoms with Gasteiger partial charge in [0.1, 0.15) is 22.8 Å². The van der Waals surface area contributed by atoms with Crippen molar-refractivity contribution in [2.24, 2.45) is 5.92 Å². The molecule has 0 aliphatic carbocycles. The van der Waals surface area contributed by atoms with Gasteiger partial charge in [-0.2, -0.15) is 0 Å². The largest absolute Gasteiger partial charge is 0.507 e. The van der Waals surface area contributed by atoms with E-state index in [1.54, 1.807) is 41.8 Å². The molecule has 1 fully saturated rings. The number of phenols is 2. The number of pyridine rings is 1. The molecule has 1 saturated heterocycles. The molecule has 0 radical (unpaired) electrons. The molecule has 15 nitrogen and oxygen atoms in total. The number of methoxy groups -OCH3 is 3. The number of cyclic esters (lactones) is 1. The number of aromatic nitrogens is 1. The van der Waals surface area contributed by atoms with E-state index in [0.717, 1.165) is 12.1 Å². The van der Waals surface area contributed by atoms with E-state index < -0.39 is 51.8 Å². The summed E-state index contributed by atoms with van der Waals surface area (Å²) in [6, 6.07) is 9.51. The highest BCUT2D eigenvalue weighted by Crippen LogP contribution is 2.48. The highest BCUT2D eigenvalue weighted by atomic mass is 32.2. The summed E-state index contributed by atoms with van der Waals surface area (Å²) in [5.41, 5.74) is 0.882. The van der Waals surface area contributed by atoms with E-state index in [2.05, 4.69) is 5.32 Å². The number of piperidine rings is 1. The zero-order chi connectivity index (χ0) is 42.4. The number of hydrogen-bond acceptors (Lipinski definition) is 12. The number of Topliss-reactive ketones (excluding diaryl/α,β-unsaturated/α-hetero) is 1. The van der Waals surface area contributed by atoms with E-state index >= 15 is 0 Å². The molecular weight excluding hydrogens is 783 g/mol. The minimum absolute atomic E-state index is 0.0194. The maximum atomic E-state index is 13.9. The summed E-state index contributed by atoms with van der Waals surface area (Å²) in [6.07, 6.45) is 5.94. The Labute approximate surface area is 344 Å². The van der Waals surface area contributed by atoms with Crippen LogP contribution in [0, 0.1) is 5.92 Å². The van der Waals surface area contributed by atoms with Gasteiger partial charge in [-0.05, 0) is 80.3 Å². The lowest BCUT2D eigenvalue weighted by Crippen LogP contribution is -2.50. The van der Waals surface area contributed by atoms with E-state index in [4.69, 9.17) is 18.9 Å². The molecule has 1 amide bonds. The van der Waals surface area contributed by atoms with Gasteiger partial charge in [0.25, 0.3) is 5.56 Å². The van der Waals surface area contributed by atoms with Crippen LogP contribution in [0.2, 0.25) is 0 Å². The van der Waals surface area contributed by atoms with E-state index in [0.29, 0.717) is 50.6 Å². The summed E-state index contributed by atoms with van der Waals surface area (Å²) < 4.78 is 52.9. The van der Waals surface area contributed by atoms with Gasteiger partial charge >= 0.3 is 5.97 Å². The fraction of sp³-hybridized carbons (Fsp3) is 0.488. The first kappa shape index (κ1) is 43.2. The molecule has 2 bridgehead atoms. The molecule has 3 N–H and O–H groups in total. The lowest BCUT2D eigenvalue weighted by Gasteiger charge is -2.42. The van der Waals surface area contributed by atoms with Crippen molar-refractivity contribution in [1.29, 1.82) is 0 Å². The predicted octanol–water partition coefficient (Wildman–Crippen LogP) is 4.85. The van der Waals surface area contributed by atoms with E-state index in [9.17, 15) is 37.8 Å². The Kier molecular flexibility index (Phi) is 13.7. The number of ether oxygens (including phenoxy) is 4. The number of carbonyl (C=O) groups excluding carboxylic acids is 3. The van der Waals surface area contributed by atoms with Crippen molar-refractivity contribution in [3.63, 3.8) is 0 Å². The fourth-order valence-corrected chi connectivity index (χ4v) is 9.96. The average Bonchev–Trinajstić information content (AvgIpc) is 3.19. The van der Waals surface area contributed by atoms with Gasteiger partial charge in [-0.25, -0.2) is 17.5 Å². The number of sulfonamides is 1. The lowest BCUT2D eigenvalue weighted by atomic mass is 9.84. The Morgan fingerprint density at radius 2 is 1.71 bits per heavy atom. The van der Waals surface area contributed by atoms with Crippen LogP contribution in [0.25, 0.3) is 6.08 Å². The normalized spacial score (nSPS) is 20.6. The molecular formula is C43H53N3O12S. The number of benzene rings is 2. The van der Waals surface area contributed by atoms with Crippen LogP contribution in [0.15, 0.2) is 47.3 Å². The number of phenolic OH excluding ortho intramolecular Hbond substituents is 2. The Balaban J connectivity index is 1.29. The van der Waals surface area contributed by atoms with Crippen LogP contribution in [0.5, 0.6) is 28.7 Å². The standard InChI is InChI=1S/C43H53N3O12S/c1-26-10-8-13-31(47)12-7-5-6-11-28-19-34(48)40(41(51)39(28)43(52)58-26)32(29-20-35(55-2)42(57-4)36(21-29)56-3)22-37(49)44-16-17-59(53,54)45-23-27-18-30(25-45)33-14-9-15-38(50)46(33)24-27/h6,9,11,14-15,19-21,26-27,30,32,48,51H,5,7-8,10,12-13,16-18,22-25H2,1-4H3,(H,44,49). The summed E-state index contributed by atoms with van der Waals surface area (Å²) in [5, 5.41) is 26.4. The van der Waals surface area contributed by atoms with Crippen molar-refractivity contribution in [3.05, 3.63) is 80.8 Å². The minimum atomic E-state index is -3.82. The van der Waals surface area contributed by atoms with Crippen LogP contribution in [-0.2, 0) is 30.9 Å². The summed E-state index contributed by atoms with van der Waals surface area (Å²) in [4.78, 5) is 52.4. The molecule has 4 unspecified atom stereocenters. The predicted molar refractivity (Wildman–Crippen MR) is 219 cm³/mol. The number of esters is 1. The van der Waals surface area contributed by atoms with Crippen LogP contribution < -0.4 is 25.1 Å². The first-order valence-corrected chi connectivity index (χ1v) is 21.6. The molecule has 2 aromatic carbocycles. The quantitative estimate of drug-likeness (QED) is 0.222. The monoisotopic (exact) mass is 835 g/mol. The topological polar surface area (TPSA) is 200 Å². The number of nitrogens with one attached hydrogen (secondary N) is 1. The Morgan fingerprint density at radius 1 is 0.983 bits per heavy atom. The number of hydrogen-bond donors (Lipinski definition) is 3. The second-order valence-corrected chi connectivity index (χ2v) is 17.5. The van der Waals surface area contributed by atoms with Crippen molar-refractivity contribution in [2.45, 2.75) is 82.8 Å². The first-order valence-electron chi connectivity index (χ1n) is 20.0. The molecule has 3 aliphatic rings. The van der Waals surface area contributed by atoms with Crippen molar-refractivity contribution in [2.75, 3.05) is 46.7 Å². The Morgan fingerprint density at radius 3 is 2.42 bits per heavy atom. The lowest BCUT2D eigenvalue weighted by molar-refractivity contribution is -0.121. The number of allylic oxidation sites excluding steroid dienone is 1. The summed E-state index contributed by atoms with van der Waals surface area (Å²) in [6.45, 7) is 2.40. The second kappa shape index (κ2) is 18.7. The van der Waals surface area contributed by atoms with Crippen LogP contribution in [-0.4, -0.2) is 98.0 Å². The molecule has 16 heteroatoms. The number of fused-ring (bicyclic) bond motifs is 5. The maximum absolute atomic E-state index is 13.9. The molecule has 1 aromatic heterocycles. The molecule has 4 heterocycles. The summed E-state index contributed by atoms with van der Waals surface area (Å²) in [5.74, 6) is -3.29. The SMILES string of the molecule is COc1cc(C(CC(=O)NCCS(=O)(=O)N2CC3CC(C2)c2cccc(=O)n2C3)c2c(O)cc3c(c2O)C(=O)OC(C)CCCC(=O)CCCC=C3)cc(OC)c1OC. The van der Waals surface area contributed by atoms with Crippen LogP contribution in [0.4, 0.5) is 0 Å². The summed E-state index contributed by atoms with van der Waals surface area (Å²) >= 11 is 0. The van der Waals surface area contributed by atoms with E-state index in [1.165, 1.54) is 37.8 Å². The van der Waals surface area contributed by atoms with Crippen LogP contribution in [0.3, 0.4) is 0 Å². The maximum Gasteiger partial charge on any atom is 0.342 e. The van der Waals surface area contributed by atoms with Crippen molar-refractivity contribution >= 4 is 33.8 Å². The molecule has 4 atom stereocenters. The van der Waals surface area contributed by atoms with Crippen LogP contribution in [0.1, 0.15) is 103 Å². The zero-order valence-corrected chi connectivity index (χ0v) is 34.7. The Bertz CT molecular complexity index is 2240. The molecule has 6 rings (SSSR count). The van der Waals surface area contributed by atoms with Gasteiger partial charge < -0.3 is 39.0 Å². The minimum Gasteiger partial charge on any atom is -0.507 e. The van der Waals surface area contributed by atoms with Crippen LogP contribution >= 0.6 is 0 Å². The third kappa shape index (κ3) is 9.76. The smallest absolute Gasteiger partial charge is 0.342 e.